The second-order valence-corrected chi connectivity index (χ2v) is 8.13. The number of carbonyl (C=O) groups is 2. The zero-order chi connectivity index (χ0) is 21.0. The third kappa shape index (κ3) is 4.98. The van der Waals surface area contributed by atoms with E-state index in [1.165, 1.54) is 38.1 Å². The first-order valence-corrected chi connectivity index (χ1v) is 10.3. The minimum Gasteiger partial charge on any atom is -0.481 e. The summed E-state index contributed by atoms with van der Waals surface area (Å²) in [5.41, 5.74) is 2.54. The minimum atomic E-state index is -3.98. The quantitative estimate of drug-likeness (QED) is 0.459. The lowest BCUT2D eigenvalue weighted by Crippen LogP contribution is -2.47. The summed E-state index contributed by atoms with van der Waals surface area (Å²) in [4.78, 5) is 25.5. The van der Waals surface area contributed by atoms with Crippen molar-refractivity contribution in [1.29, 1.82) is 0 Å². The molecule has 1 atom stereocenters. The lowest BCUT2D eigenvalue weighted by Gasteiger charge is -2.15. The van der Waals surface area contributed by atoms with Crippen LogP contribution in [0, 0.1) is 0 Å². The largest absolute Gasteiger partial charge is 0.481 e. The van der Waals surface area contributed by atoms with Crippen molar-refractivity contribution in [2.24, 2.45) is 0 Å². The molecular weight excluding hydrogens is 392 g/mol. The van der Waals surface area contributed by atoms with Crippen molar-refractivity contribution < 1.29 is 22.7 Å². The van der Waals surface area contributed by atoms with Gasteiger partial charge in [0, 0.05) is 5.56 Å². The fraction of sp³-hybridized carbons (Fsp3) is 0.143. The third-order valence-corrected chi connectivity index (χ3v) is 5.55. The van der Waals surface area contributed by atoms with Crippen LogP contribution in [-0.2, 0) is 14.8 Å². The van der Waals surface area contributed by atoms with Crippen molar-refractivity contribution >= 4 is 32.5 Å². The first-order valence-electron chi connectivity index (χ1n) is 8.84. The first-order chi connectivity index (χ1) is 13.8. The number of hydrogen-bond donors (Lipinski definition) is 2. The molecule has 0 aromatic heterocycles. The van der Waals surface area contributed by atoms with Gasteiger partial charge in [0.05, 0.1) is 4.90 Å². The molecule has 7 nitrogen and oxygen atoms in total. The second-order valence-electron chi connectivity index (χ2n) is 6.44. The zero-order valence-corrected chi connectivity index (χ0v) is 16.7. The maximum atomic E-state index is 12.3. The molecule has 29 heavy (non-hydrogen) atoms. The van der Waals surface area contributed by atoms with E-state index in [1.54, 1.807) is 12.1 Å². The number of benzene rings is 3. The van der Waals surface area contributed by atoms with Crippen LogP contribution >= 0.6 is 0 Å². The Morgan fingerprint density at radius 3 is 2.24 bits per heavy atom. The molecule has 0 fully saturated rings. The summed E-state index contributed by atoms with van der Waals surface area (Å²) in [6.45, 7) is 2.90. The van der Waals surface area contributed by atoms with Gasteiger partial charge in [0.2, 0.25) is 0 Å². The summed E-state index contributed by atoms with van der Waals surface area (Å²) in [5.74, 6) is -0.328. The van der Waals surface area contributed by atoms with Gasteiger partial charge in [-0.05, 0) is 48.9 Å². The van der Waals surface area contributed by atoms with Crippen LogP contribution in [0.25, 0.3) is 10.8 Å². The number of carbonyl (C=O) groups excluding carboxylic acids is 2. The Morgan fingerprint density at radius 1 is 0.931 bits per heavy atom. The molecule has 3 aromatic rings. The van der Waals surface area contributed by atoms with Crippen LogP contribution in [0.15, 0.2) is 71.6 Å². The lowest BCUT2D eigenvalue weighted by molar-refractivity contribution is -0.127. The van der Waals surface area contributed by atoms with Crippen molar-refractivity contribution in [3.8, 4) is 5.75 Å². The number of amides is 1. The molecule has 0 aliphatic carbocycles. The Balaban J connectivity index is 1.61. The molecule has 3 rings (SSSR count). The van der Waals surface area contributed by atoms with Gasteiger partial charge in [0.15, 0.2) is 11.9 Å². The highest BCUT2D eigenvalue weighted by atomic mass is 32.2. The summed E-state index contributed by atoms with van der Waals surface area (Å²) in [7, 11) is -3.98. The highest BCUT2D eigenvalue weighted by molar-refractivity contribution is 7.89. The fourth-order valence-electron chi connectivity index (χ4n) is 2.65. The number of ketones is 1. The molecule has 0 saturated carbocycles. The smallest absolute Gasteiger partial charge is 0.275 e. The van der Waals surface area contributed by atoms with Gasteiger partial charge in [-0.2, -0.15) is 0 Å². The summed E-state index contributed by atoms with van der Waals surface area (Å²) in [6.07, 6.45) is -0.932. The number of nitrogens with one attached hydrogen (secondary N) is 2. The lowest BCUT2D eigenvalue weighted by atomic mass is 10.1. The van der Waals surface area contributed by atoms with Crippen molar-refractivity contribution in [2.75, 3.05) is 0 Å². The zero-order valence-electron chi connectivity index (χ0n) is 15.9. The number of hydrazine groups is 1. The molecule has 0 heterocycles. The van der Waals surface area contributed by atoms with E-state index in [-0.39, 0.29) is 10.7 Å². The number of fused-ring (bicyclic) bond motifs is 1. The Hall–Kier alpha value is -3.23. The molecule has 2 N–H and O–H groups in total. The molecule has 0 aliphatic heterocycles. The SMILES string of the molecule is CC(=O)c1ccc(S(=O)(=O)NNC(=O)[C@H](C)Oc2ccc3ccccc3c2)cc1. The monoisotopic (exact) mass is 412 g/mol. The van der Waals surface area contributed by atoms with E-state index in [0.717, 1.165) is 10.8 Å². The summed E-state index contributed by atoms with van der Waals surface area (Å²) in [5, 5.41) is 2.01. The molecule has 3 aromatic carbocycles. The van der Waals surface area contributed by atoms with Gasteiger partial charge in [-0.15, -0.1) is 4.83 Å². The van der Waals surface area contributed by atoms with E-state index >= 15 is 0 Å². The highest BCUT2D eigenvalue weighted by Gasteiger charge is 2.19. The maximum Gasteiger partial charge on any atom is 0.275 e. The maximum absolute atomic E-state index is 12.3. The Morgan fingerprint density at radius 2 is 1.59 bits per heavy atom. The van der Waals surface area contributed by atoms with Crippen molar-refractivity contribution in [3.63, 3.8) is 0 Å². The highest BCUT2D eigenvalue weighted by Crippen LogP contribution is 2.21. The van der Waals surface area contributed by atoms with Crippen molar-refractivity contribution in [2.45, 2.75) is 24.8 Å². The number of sulfonamides is 1. The first kappa shape index (κ1) is 20.5. The minimum absolute atomic E-state index is 0.0779. The van der Waals surface area contributed by atoms with Crippen LogP contribution in [-0.4, -0.2) is 26.2 Å². The Bertz CT molecular complexity index is 1160. The number of Topliss-reactive ketones (excluding diaryl/α,β-unsaturated/α-hetero) is 1. The van der Waals surface area contributed by atoms with E-state index in [9.17, 15) is 18.0 Å². The topological polar surface area (TPSA) is 102 Å². The standard InChI is InChI=1S/C21H20N2O5S/c1-14(24)16-8-11-20(12-9-16)29(26,27)23-22-21(25)15(2)28-19-10-7-17-5-3-4-6-18(17)13-19/h3-13,15,23H,1-2H3,(H,22,25)/t15-/m0/s1. The van der Waals surface area contributed by atoms with Crippen LogP contribution in [0.4, 0.5) is 0 Å². The van der Waals surface area contributed by atoms with Gasteiger partial charge in [0.1, 0.15) is 5.75 Å². The number of hydrogen-bond acceptors (Lipinski definition) is 5. The number of ether oxygens (including phenoxy) is 1. The molecular formula is C21H20N2O5S. The van der Waals surface area contributed by atoms with Crippen LogP contribution in [0.5, 0.6) is 5.75 Å². The van der Waals surface area contributed by atoms with Gasteiger partial charge >= 0.3 is 0 Å². The van der Waals surface area contributed by atoms with Gasteiger partial charge in [-0.3, -0.25) is 15.0 Å². The molecule has 0 unspecified atom stereocenters. The van der Waals surface area contributed by atoms with E-state index < -0.39 is 22.0 Å². The van der Waals surface area contributed by atoms with Gasteiger partial charge in [-0.1, -0.05) is 42.5 Å². The van der Waals surface area contributed by atoms with E-state index in [2.05, 4.69) is 5.43 Å². The summed E-state index contributed by atoms with van der Waals surface area (Å²) < 4.78 is 30.2. The van der Waals surface area contributed by atoms with Gasteiger partial charge < -0.3 is 4.74 Å². The van der Waals surface area contributed by atoms with Crippen LogP contribution in [0.1, 0.15) is 24.2 Å². The molecule has 0 bridgehead atoms. The Kier molecular flexibility index (Phi) is 5.95. The average Bonchev–Trinajstić information content (AvgIpc) is 2.72. The van der Waals surface area contributed by atoms with Gasteiger partial charge in [0.25, 0.3) is 15.9 Å². The molecule has 150 valence electrons. The van der Waals surface area contributed by atoms with Crippen molar-refractivity contribution in [3.05, 3.63) is 72.3 Å². The number of rotatable bonds is 7. The van der Waals surface area contributed by atoms with E-state index in [4.69, 9.17) is 4.74 Å². The second kappa shape index (κ2) is 8.42. The van der Waals surface area contributed by atoms with Gasteiger partial charge in [-0.25, -0.2) is 8.42 Å². The van der Waals surface area contributed by atoms with E-state index in [0.29, 0.717) is 11.3 Å². The summed E-state index contributed by atoms with van der Waals surface area (Å²) in [6, 6.07) is 18.5. The van der Waals surface area contributed by atoms with E-state index in [1.807, 2.05) is 35.2 Å². The average molecular weight is 412 g/mol. The van der Waals surface area contributed by atoms with Crippen LogP contribution in [0.3, 0.4) is 0 Å². The predicted octanol–water partition coefficient (Wildman–Crippen LogP) is 2.82. The van der Waals surface area contributed by atoms with Crippen LogP contribution in [0.2, 0.25) is 0 Å². The molecule has 0 saturated heterocycles. The van der Waals surface area contributed by atoms with Crippen molar-refractivity contribution in [1.82, 2.24) is 10.3 Å². The molecule has 8 heteroatoms. The molecule has 1 amide bonds. The molecule has 0 aliphatic rings. The summed E-state index contributed by atoms with van der Waals surface area (Å²) >= 11 is 0. The molecule has 0 radical (unpaired) electrons. The predicted molar refractivity (Wildman–Crippen MR) is 109 cm³/mol. The fourth-order valence-corrected chi connectivity index (χ4v) is 3.49. The van der Waals surface area contributed by atoms with Crippen LogP contribution < -0.4 is 15.0 Å². The Labute approximate surface area is 168 Å². The molecule has 0 spiro atoms. The third-order valence-electron chi connectivity index (χ3n) is 4.28. The normalized spacial score (nSPS) is 12.3.